The SMILES string of the molecule is CC(C(=O)N1CCC(Cc2ccccc2)CC1)n1nc(-c2cccs2)cc(N)c1=O. The zero-order chi connectivity index (χ0) is 21.1. The maximum absolute atomic E-state index is 13.1. The number of piperidine rings is 1. The molecular formula is C23H26N4O2S. The van der Waals surface area contributed by atoms with Crippen molar-refractivity contribution in [1.29, 1.82) is 0 Å². The molecule has 6 nitrogen and oxygen atoms in total. The van der Waals surface area contributed by atoms with Crippen LogP contribution in [0.5, 0.6) is 0 Å². The van der Waals surface area contributed by atoms with E-state index in [1.54, 1.807) is 13.0 Å². The lowest BCUT2D eigenvalue weighted by Crippen LogP contribution is -2.44. The van der Waals surface area contributed by atoms with Crippen LogP contribution >= 0.6 is 11.3 Å². The molecule has 0 saturated carbocycles. The minimum Gasteiger partial charge on any atom is -0.394 e. The zero-order valence-electron chi connectivity index (χ0n) is 17.0. The van der Waals surface area contributed by atoms with Gasteiger partial charge in [-0.3, -0.25) is 9.59 Å². The van der Waals surface area contributed by atoms with Gasteiger partial charge >= 0.3 is 0 Å². The van der Waals surface area contributed by atoms with Crippen molar-refractivity contribution < 1.29 is 4.79 Å². The van der Waals surface area contributed by atoms with Gasteiger partial charge in [-0.1, -0.05) is 36.4 Å². The van der Waals surface area contributed by atoms with Gasteiger partial charge in [0.1, 0.15) is 17.4 Å². The molecule has 1 aromatic carbocycles. The fourth-order valence-electron chi connectivity index (χ4n) is 4.01. The van der Waals surface area contributed by atoms with E-state index in [1.807, 2.05) is 28.5 Å². The van der Waals surface area contributed by atoms with Crippen molar-refractivity contribution in [3.8, 4) is 10.6 Å². The van der Waals surface area contributed by atoms with Crippen LogP contribution in [0.25, 0.3) is 10.6 Å². The number of hydrogen-bond acceptors (Lipinski definition) is 5. The summed E-state index contributed by atoms with van der Waals surface area (Å²) in [5.74, 6) is 0.496. The molecule has 0 aliphatic carbocycles. The molecular weight excluding hydrogens is 396 g/mol. The molecule has 1 aliphatic rings. The zero-order valence-corrected chi connectivity index (χ0v) is 17.8. The van der Waals surface area contributed by atoms with Crippen molar-refractivity contribution >= 4 is 22.9 Å². The summed E-state index contributed by atoms with van der Waals surface area (Å²) < 4.78 is 1.24. The number of benzene rings is 1. The van der Waals surface area contributed by atoms with Crippen molar-refractivity contribution in [1.82, 2.24) is 14.7 Å². The van der Waals surface area contributed by atoms with Crippen molar-refractivity contribution in [2.75, 3.05) is 18.8 Å². The smallest absolute Gasteiger partial charge is 0.290 e. The number of anilines is 1. The average Bonchev–Trinajstić information content (AvgIpc) is 3.31. The number of thiophene rings is 1. The Kier molecular flexibility index (Phi) is 5.99. The first kappa shape index (κ1) is 20.3. The van der Waals surface area contributed by atoms with E-state index in [2.05, 4.69) is 29.4 Å². The number of nitrogens with zero attached hydrogens (tertiary/aromatic N) is 3. The quantitative estimate of drug-likeness (QED) is 0.681. The van der Waals surface area contributed by atoms with Crippen LogP contribution in [-0.2, 0) is 11.2 Å². The molecule has 0 bridgehead atoms. The van der Waals surface area contributed by atoms with E-state index >= 15 is 0 Å². The van der Waals surface area contributed by atoms with E-state index in [-0.39, 0.29) is 11.6 Å². The Hall–Kier alpha value is -2.93. The highest BCUT2D eigenvalue weighted by atomic mass is 32.1. The van der Waals surface area contributed by atoms with E-state index < -0.39 is 11.6 Å². The van der Waals surface area contributed by atoms with Crippen LogP contribution in [0.2, 0.25) is 0 Å². The number of carbonyl (C=O) groups excluding carboxylic acids is 1. The molecule has 4 rings (SSSR count). The number of likely N-dealkylation sites (tertiary alicyclic amines) is 1. The molecule has 30 heavy (non-hydrogen) atoms. The van der Waals surface area contributed by atoms with Crippen molar-refractivity contribution in [3.05, 3.63) is 69.8 Å². The summed E-state index contributed by atoms with van der Waals surface area (Å²) in [6.07, 6.45) is 2.97. The Bertz CT molecular complexity index is 1050. The molecule has 1 unspecified atom stereocenters. The van der Waals surface area contributed by atoms with Gasteiger partial charge in [0.15, 0.2) is 0 Å². The standard InChI is InChI=1S/C23H26N4O2S/c1-16(27-23(29)19(24)15-20(25-27)21-8-5-13-30-21)22(28)26-11-9-18(10-12-26)14-17-6-3-2-4-7-17/h2-8,13,15-16,18H,9-12,14,24H2,1H3. The second kappa shape index (κ2) is 8.83. The molecule has 1 atom stereocenters. The van der Waals surface area contributed by atoms with Crippen molar-refractivity contribution in [3.63, 3.8) is 0 Å². The molecule has 1 aliphatic heterocycles. The molecule has 0 radical (unpaired) electrons. The molecule has 2 N–H and O–H groups in total. The summed E-state index contributed by atoms with van der Waals surface area (Å²) in [4.78, 5) is 28.5. The van der Waals surface area contributed by atoms with E-state index in [9.17, 15) is 9.59 Å². The van der Waals surface area contributed by atoms with Gasteiger partial charge in [-0.25, -0.2) is 4.68 Å². The molecule has 1 fully saturated rings. The van der Waals surface area contributed by atoms with Crippen molar-refractivity contribution in [2.24, 2.45) is 5.92 Å². The fraction of sp³-hybridized carbons (Fsp3) is 0.348. The minimum atomic E-state index is -0.689. The third-order valence-electron chi connectivity index (χ3n) is 5.75. The van der Waals surface area contributed by atoms with E-state index in [1.165, 1.54) is 21.6 Å². The van der Waals surface area contributed by atoms with E-state index in [4.69, 9.17) is 5.73 Å². The Labute approximate surface area is 180 Å². The molecule has 3 aromatic rings. The van der Waals surface area contributed by atoms with Crippen LogP contribution in [0.1, 0.15) is 31.4 Å². The van der Waals surface area contributed by atoms with Crippen LogP contribution in [0.4, 0.5) is 5.69 Å². The predicted molar refractivity (Wildman–Crippen MR) is 120 cm³/mol. The summed E-state index contributed by atoms with van der Waals surface area (Å²) in [5.41, 5.74) is 7.58. The first-order chi connectivity index (χ1) is 14.5. The highest BCUT2D eigenvalue weighted by Gasteiger charge is 2.28. The van der Waals surface area contributed by atoms with Gasteiger partial charge in [-0.15, -0.1) is 11.3 Å². The molecule has 3 heterocycles. The van der Waals surface area contributed by atoms with Crippen LogP contribution < -0.4 is 11.3 Å². The second-order valence-electron chi connectivity index (χ2n) is 7.85. The van der Waals surface area contributed by atoms with Gasteiger partial charge in [0.2, 0.25) is 5.91 Å². The number of rotatable bonds is 5. The summed E-state index contributed by atoms with van der Waals surface area (Å²) in [5, 5.41) is 6.39. The molecule has 0 spiro atoms. The van der Waals surface area contributed by atoms with Gasteiger partial charge in [0.25, 0.3) is 5.56 Å². The van der Waals surface area contributed by atoms with E-state index in [0.717, 1.165) is 24.1 Å². The lowest BCUT2D eigenvalue weighted by atomic mass is 9.90. The fourth-order valence-corrected chi connectivity index (χ4v) is 4.69. The topological polar surface area (TPSA) is 81.2 Å². The number of aromatic nitrogens is 2. The van der Waals surface area contributed by atoms with Gasteiger partial charge in [0.05, 0.1) is 4.88 Å². The Morgan fingerprint density at radius 1 is 1.20 bits per heavy atom. The van der Waals surface area contributed by atoms with Gasteiger partial charge < -0.3 is 10.6 Å². The second-order valence-corrected chi connectivity index (χ2v) is 8.79. The highest BCUT2D eigenvalue weighted by molar-refractivity contribution is 7.13. The minimum absolute atomic E-state index is 0.0782. The van der Waals surface area contributed by atoms with Crippen LogP contribution in [-0.4, -0.2) is 33.7 Å². The van der Waals surface area contributed by atoms with Crippen molar-refractivity contribution in [2.45, 2.75) is 32.2 Å². The Morgan fingerprint density at radius 3 is 2.60 bits per heavy atom. The lowest BCUT2D eigenvalue weighted by molar-refractivity contribution is -0.136. The van der Waals surface area contributed by atoms with E-state index in [0.29, 0.717) is 24.7 Å². The summed E-state index contributed by atoms with van der Waals surface area (Å²) in [7, 11) is 0. The number of nitrogens with two attached hydrogens (primary N) is 1. The summed E-state index contributed by atoms with van der Waals surface area (Å²) >= 11 is 1.52. The summed E-state index contributed by atoms with van der Waals surface area (Å²) in [6, 6.07) is 15.2. The monoisotopic (exact) mass is 422 g/mol. The molecule has 156 valence electrons. The maximum Gasteiger partial charge on any atom is 0.290 e. The third kappa shape index (κ3) is 4.31. The first-order valence-corrected chi connectivity index (χ1v) is 11.2. The normalized spacial score (nSPS) is 15.8. The Balaban J connectivity index is 1.45. The number of nitrogen functional groups attached to an aromatic ring is 1. The van der Waals surface area contributed by atoms with Crippen LogP contribution in [0.3, 0.4) is 0 Å². The largest absolute Gasteiger partial charge is 0.394 e. The number of hydrogen-bond donors (Lipinski definition) is 1. The first-order valence-electron chi connectivity index (χ1n) is 10.3. The maximum atomic E-state index is 13.1. The highest BCUT2D eigenvalue weighted by Crippen LogP contribution is 2.25. The van der Waals surface area contributed by atoms with Crippen LogP contribution in [0, 0.1) is 5.92 Å². The average molecular weight is 423 g/mol. The van der Waals surface area contributed by atoms with Gasteiger partial charge in [-0.05, 0) is 55.2 Å². The summed E-state index contributed by atoms with van der Waals surface area (Å²) in [6.45, 7) is 3.13. The molecule has 1 amide bonds. The molecule has 7 heteroatoms. The van der Waals surface area contributed by atoms with Gasteiger partial charge in [-0.2, -0.15) is 5.10 Å². The van der Waals surface area contributed by atoms with Crippen LogP contribution in [0.15, 0.2) is 58.7 Å². The number of carbonyl (C=O) groups is 1. The Morgan fingerprint density at radius 2 is 1.93 bits per heavy atom. The lowest BCUT2D eigenvalue weighted by Gasteiger charge is -2.33. The molecule has 1 saturated heterocycles. The predicted octanol–water partition coefficient (Wildman–Crippen LogP) is 3.60. The number of amides is 1. The molecule has 2 aromatic heterocycles. The van der Waals surface area contributed by atoms with Gasteiger partial charge in [0, 0.05) is 13.1 Å². The third-order valence-corrected chi connectivity index (χ3v) is 6.65.